The number of rotatable bonds is 4. The lowest BCUT2D eigenvalue weighted by atomic mass is 10.1. The molecule has 9 heteroatoms. The van der Waals surface area contributed by atoms with E-state index in [1.54, 1.807) is 30.3 Å². The molecule has 1 saturated heterocycles. The van der Waals surface area contributed by atoms with E-state index < -0.39 is 17.8 Å². The van der Waals surface area contributed by atoms with Gasteiger partial charge in [0.2, 0.25) is 0 Å². The van der Waals surface area contributed by atoms with Crippen molar-refractivity contribution in [3.8, 4) is 11.8 Å². The van der Waals surface area contributed by atoms with Gasteiger partial charge in [-0.3, -0.25) is 14.9 Å². The molecule has 0 bridgehead atoms. The molecule has 1 N–H and O–H groups in total. The predicted molar refractivity (Wildman–Crippen MR) is 108 cm³/mol. The summed E-state index contributed by atoms with van der Waals surface area (Å²) in [6, 6.07) is 10.5. The Hall–Kier alpha value is -3.34. The SMILES string of the molecule is Cc1ccc(N2C(=O)NC(=O)/C(=C\c3cc(Cl)c(OCC#N)c(Cl)c3)C2=O)cc1. The number of halogens is 2. The van der Waals surface area contributed by atoms with Crippen LogP contribution in [-0.4, -0.2) is 24.5 Å². The minimum Gasteiger partial charge on any atom is -0.476 e. The maximum Gasteiger partial charge on any atom is 0.335 e. The van der Waals surface area contributed by atoms with E-state index in [0.717, 1.165) is 10.5 Å². The Kier molecular flexibility index (Phi) is 5.87. The number of nitrogens with one attached hydrogen (secondary N) is 1. The third-order valence-electron chi connectivity index (χ3n) is 4.01. The van der Waals surface area contributed by atoms with Gasteiger partial charge in [0.25, 0.3) is 11.8 Å². The molecule has 146 valence electrons. The second-order valence-corrected chi connectivity index (χ2v) is 6.87. The molecule has 29 heavy (non-hydrogen) atoms. The van der Waals surface area contributed by atoms with Crippen LogP contribution in [0.1, 0.15) is 11.1 Å². The Bertz CT molecular complexity index is 1060. The fourth-order valence-corrected chi connectivity index (χ4v) is 3.27. The predicted octanol–water partition coefficient (Wildman–Crippen LogP) is 3.87. The second kappa shape index (κ2) is 8.35. The van der Waals surface area contributed by atoms with Crippen molar-refractivity contribution >= 4 is 52.8 Å². The smallest absolute Gasteiger partial charge is 0.335 e. The monoisotopic (exact) mass is 429 g/mol. The molecule has 4 amide bonds. The average Bonchev–Trinajstić information content (AvgIpc) is 2.66. The van der Waals surface area contributed by atoms with Crippen molar-refractivity contribution in [2.45, 2.75) is 6.92 Å². The van der Waals surface area contributed by atoms with Gasteiger partial charge in [0.1, 0.15) is 11.6 Å². The average molecular weight is 430 g/mol. The van der Waals surface area contributed by atoms with Crippen molar-refractivity contribution in [1.82, 2.24) is 5.32 Å². The maximum absolute atomic E-state index is 12.9. The number of hydrogen-bond acceptors (Lipinski definition) is 5. The molecule has 0 aliphatic carbocycles. The molecule has 2 aromatic rings. The normalized spacial score (nSPS) is 15.3. The van der Waals surface area contributed by atoms with E-state index in [4.69, 9.17) is 33.2 Å². The summed E-state index contributed by atoms with van der Waals surface area (Å²) >= 11 is 12.3. The van der Waals surface area contributed by atoms with Gasteiger partial charge >= 0.3 is 6.03 Å². The van der Waals surface area contributed by atoms with Crippen LogP contribution in [0.3, 0.4) is 0 Å². The molecule has 3 rings (SSSR count). The lowest BCUT2D eigenvalue weighted by Gasteiger charge is -2.26. The highest BCUT2D eigenvalue weighted by molar-refractivity contribution is 6.40. The van der Waals surface area contributed by atoms with Crippen molar-refractivity contribution in [2.75, 3.05) is 11.5 Å². The van der Waals surface area contributed by atoms with Gasteiger partial charge < -0.3 is 4.74 Å². The van der Waals surface area contributed by atoms with Crippen LogP contribution in [0.15, 0.2) is 42.0 Å². The van der Waals surface area contributed by atoms with Gasteiger partial charge in [-0.25, -0.2) is 9.69 Å². The Morgan fingerprint density at radius 1 is 1.14 bits per heavy atom. The number of barbiturate groups is 1. The van der Waals surface area contributed by atoms with E-state index in [-0.39, 0.29) is 28.0 Å². The van der Waals surface area contributed by atoms with E-state index >= 15 is 0 Å². The summed E-state index contributed by atoms with van der Waals surface area (Å²) in [5, 5.41) is 11.0. The van der Waals surface area contributed by atoms with Gasteiger partial charge in [0, 0.05) is 0 Å². The minimum absolute atomic E-state index is 0.106. The van der Waals surface area contributed by atoms with Crippen LogP contribution < -0.4 is 15.0 Å². The number of carbonyl (C=O) groups excluding carboxylic acids is 3. The molecule has 0 atom stereocenters. The summed E-state index contributed by atoms with van der Waals surface area (Å²) in [7, 11) is 0. The number of hydrogen-bond donors (Lipinski definition) is 1. The number of amides is 4. The number of imide groups is 2. The number of benzene rings is 2. The topological polar surface area (TPSA) is 99.5 Å². The molecule has 0 unspecified atom stereocenters. The Balaban J connectivity index is 1.98. The van der Waals surface area contributed by atoms with E-state index in [2.05, 4.69) is 5.32 Å². The standard InChI is InChI=1S/C20H13Cl2N3O4/c1-11-2-4-13(5-3-11)25-19(27)14(18(26)24-20(25)28)8-12-9-15(21)17(16(22)10-12)29-7-6-23/h2-5,8-10H,7H2,1H3,(H,24,26,28)/b14-8+. The van der Waals surface area contributed by atoms with Crippen molar-refractivity contribution in [2.24, 2.45) is 0 Å². The fourth-order valence-electron chi connectivity index (χ4n) is 2.66. The summed E-state index contributed by atoms with van der Waals surface area (Å²) < 4.78 is 5.16. The summed E-state index contributed by atoms with van der Waals surface area (Å²) in [6.07, 6.45) is 1.27. The number of carbonyl (C=O) groups is 3. The first-order chi connectivity index (χ1) is 13.8. The number of ether oxygens (including phenoxy) is 1. The van der Waals surface area contributed by atoms with E-state index in [1.165, 1.54) is 18.2 Å². The lowest BCUT2D eigenvalue weighted by Crippen LogP contribution is -2.54. The number of nitrogens with zero attached hydrogens (tertiary/aromatic N) is 2. The Morgan fingerprint density at radius 3 is 2.34 bits per heavy atom. The van der Waals surface area contributed by atoms with Crippen LogP contribution in [0.25, 0.3) is 6.08 Å². The van der Waals surface area contributed by atoms with Gasteiger partial charge in [0.05, 0.1) is 15.7 Å². The largest absolute Gasteiger partial charge is 0.476 e. The molecule has 2 aromatic carbocycles. The molecule has 1 fully saturated rings. The van der Waals surface area contributed by atoms with Crippen LogP contribution >= 0.6 is 23.2 Å². The fraction of sp³-hybridized carbons (Fsp3) is 0.100. The molecule has 1 aliphatic rings. The number of anilines is 1. The summed E-state index contributed by atoms with van der Waals surface area (Å²) in [5.74, 6) is -1.49. The summed E-state index contributed by atoms with van der Waals surface area (Å²) in [5.41, 5.74) is 1.37. The van der Waals surface area contributed by atoms with Crippen LogP contribution in [-0.2, 0) is 9.59 Å². The molecule has 0 radical (unpaired) electrons. The highest BCUT2D eigenvalue weighted by Crippen LogP contribution is 2.35. The first kappa shape index (κ1) is 20.4. The minimum atomic E-state index is -0.836. The van der Waals surface area contributed by atoms with Crippen molar-refractivity contribution in [3.05, 3.63) is 63.1 Å². The second-order valence-electron chi connectivity index (χ2n) is 6.05. The molecular formula is C20H13Cl2N3O4. The van der Waals surface area contributed by atoms with Gasteiger partial charge in [-0.2, -0.15) is 5.26 Å². The third kappa shape index (κ3) is 4.24. The summed E-state index contributed by atoms with van der Waals surface area (Å²) in [6.45, 7) is 1.63. The molecule has 1 aliphatic heterocycles. The first-order valence-corrected chi connectivity index (χ1v) is 9.04. The Morgan fingerprint density at radius 2 is 1.76 bits per heavy atom. The van der Waals surface area contributed by atoms with Gasteiger partial charge in [-0.05, 0) is 42.8 Å². The van der Waals surface area contributed by atoms with Crippen LogP contribution in [0.2, 0.25) is 10.0 Å². The highest BCUT2D eigenvalue weighted by atomic mass is 35.5. The van der Waals surface area contributed by atoms with Crippen LogP contribution in [0.4, 0.5) is 10.5 Å². The zero-order valence-electron chi connectivity index (χ0n) is 15.0. The molecular weight excluding hydrogens is 417 g/mol. The highest BCUT2D eigenvalue weighted by Gasteiger charge is 2.36. The number of aryl methyl sites for hydroxylation is 1. The van der Waals surface area contributed by atoms with E-state index in [9.17, 15) is 14.4 Å². The van der Waals surface area contributed by atoms with Crippen LogP contribution in [0, 0.1) is 18.3 Å². The zero-order valence-corrected chi connectivity index (χ0v) is 16.5. The number of nitriles is 1. The van der Waals surface area contributed by atoms with Crippen molar-refractivity contribution in [3.63, 3.8) is 0 Å². The third-order valence-corrected chi connectivity index (χ3v) is 4.57. The number of urea groups is 1. The van der Waals surface area contributed by atoms with E-state index in [1.807, 2.05) is 6.92 Å². The van der Waals surface area contributed by atoms with Crippen molar-refractivity contribution in [1.29, 1.82) is 5.26 Å². The van der Waals surface area contributed by atoms with Crippen molar-refractivity contribution < 1.29 is 19.1 Å². The van der Waals surface area contributed by atoms with Gasteiger partial charge in [0.15, 0.2) is 12.4 Å². The summed E-state index contributed by atoms with van der Waals surface area (Å²) in [4.78, 5) is 38.2. The maximum atomic E-state index is 12.9. The first-order valence-electron chi connectivity index (χ1n) is 8.28. The van der Waals surface area contributed by atoms with Gasteiger partial charge in [-0.15, -0.1) is 0 Å². The van der Waals surface area contributed by atoms with Crippen LogP contribution in [0.5, 0.6) is 5.75 Å². The molecule has 7 nitrogen and oxygen atoms in total. The lowest BCUT2D eigenvalue weighted by molar-refractivity contribution is -0.122. The molecule has 1 heterocycles. The molecule has 0 spiro atoms. The Labute approximate surface area is 176 Å². The van der Waals surface area contributed by atoms with Gasteiger partial charge in [-0.1, -0.05) is 40.9 Å². The quantitative estimate of drug-likeness (QED) is 0.587. The molecule has 0 aromatic heterocycles. The van der Waals surface area contributed by atoms with E-state index in [0.29, 0.717) is 11.3 Å². The molecule has 0 saturated carbocycles. The zero-order chi connectivity index (χ0) is 21.1.